The van der Waals surface area contributed by atoms with Gasteiger partial charge >= 0.3 is 0 Å². The van der Waals surface area contributed by atoms with Crippen LogP contribution < -0.4 is 5.73 Å². The van der Waals surface area contributed by atoms with Gasteiger partial charge in [-0.05, 0) is 27.7 Å². The fraction of sp³-hybridized carbons (Fsp3) is 0.545. The van der Waals surface area contributed by atoms with Gasteiger partial charge in [0.15, 0.2) is 0 Å². The largest absolute Gasteiger partial charge is 0.321 e. The Morgan fingerprint density at radius 3 is 2.36 bits per heavy atom. The Labute approximate surface area is 85.6 Å². The SMILES string of the molecule is CC(C)=CC(N)c1c(C)nn(C)c1C. The van der Waals surface area contributed by atoms with E-state index in [9.17, 15) is 0 Å². The van der Waals surface area contributed by atoms with Crippen LogP contribution in [-0.4, -0.2) is 9.78 Å². The molecule has 1 atom stereocenters. The molecular weight excluding hydrogens is 174 g/mol. The minimum Gasteiger partial charge on any atom is -0.321 e. The highest BCUT2D eigenvalue weighted by Gasteiger charge is 2.14. The van der Waals surface area contributed by atoms with E-state index in [2.05, 4.69) is 25.0 Å². The summed E-state index contributed by atoms with van der Waals surface area (Å²) in [7, 11) is 1.95. The maximum absolute atomic E-state index is 6.08. The van der Waals surface area contributed by atoms with E-state index in [0.717, 1.165) is 17.0 Å². The average Bonchev–Trinajstić information content (AvgIpc) is 2.25. The molecule has 0 saturated heterocycles. The number of hydrogen-bond acceptors (Lipinski definition) is 2. The van der Waals surface area contributed by atoms with Gasteiger partial charge in [-0.25, -0.2) is 0 Å². The second-order valence-electron chi connectivity index (χ2n) is 3.98. The van der Waals surface area contributed by atoms with Crippen molar-refractivity contribution >= 4 is 0 Å². The molecule has 0 radical (unpaired) electrons. The van der Waals surface area contributed by atoms with Crippen LogP contribution in [-0.2, 0) is 7.05 Å². The molecule has 1 aromatic rings. The number of hydrogen-bond donors (Lipinski definition) is 1. The van der Waals surface area contributed by atoms with Gasteiger partial charge in [0.25, 0.3) is 0 Å². The summed E-state index contributed by atoms with van der Waals surface area (Å²) in [5.74, 6) is 0. The van der Waals surface area contributed by atoms with E-state index in [1.807, 2.05) is 25.6 Å². The zero-order valence-electron chi connectivity index (χ0n) is 9.63. The lowest BCUT2D eigenvalue weighted by Gasteiger charge is -2.08. The Balaban J connectivity index is 3.12. The van der Waals surface area contributed by atoms with Crippen LogP contribution in [0.1, 0.15) is 36.8 Å². The molecule has 1 heterocycles. The van der Waals surface area contributed by atoms with E-state index < -0.39 is 0 Å². The van der Waals surface area contributed by atoms with Crippen molar-refractivity contribution in [3.63, 3.8) is 0 Å². The standard InChI is InChI=1S/C11H19N3/c1-7(2)6-10(12)11-8(3)13-14(5)9(11)4/h6,10H,12H2,1-5H3. The first kappa shape index (κ1) is 11.0. The molecule has 3 nitrogen and oxygen atoms in total. The molecule has 0 fully saturated rings. The van der Waals surface area contributed by atoms with E-state index in [1.54, 1.807) is 0 Å². The van der Waals surface area contributed by atoms with Crippen molar-refractivity contribution in [1.29, 1.82) is 0 Å². The number of aromatic nitrogens is 2. The summed E-state index contributed by atoms with van der Waals surface area (Å²) in [6.07, 6.45) is 2.07. The van der Waals surface area contributed by atoms with Gasteiger partial charge in [0.05, 0.1) is 11.7 Å². The lowest BCUT2D eigenvalue weighted by atomic mass is 10.0. The third-order valence-electron chi connectivity index (χ3n) is 2.41. The molecule has 2 N–H and O–H groups in total. The molecule has 1 unspecified atom stereocenters. The maximum atomic E-state index is 6.08. The van der Waals surface area contributed by atoms with Crippen molar-refractivity contribution in [2.45, 2.75) is 33.7 Å². The Kier molecular flexibility index (Phi) is 3.11. The Morgan fingerprint density at radius 1 is 1.43 bits per heavy atom. The summed E-state index contributed by atoms with van der Waals surface area (Å²) in [6.45, 7) is 8.16. The molecular formula is C11H19N3. The molecule has 0 spiro atoms. The molecule has 3 heteroatoms. The summed E-state index contributed by atoms with van der Waals surface area (Å²) < 4.78 is 1.88. The predicted octanol–water partition coefficient (Wildman–Crippen LogP) is 2.00. The third-order valence-corrected chi connectivity index (χ3v) is 2.41. The van der Waals surface area contributed by atoms with Crippen LogP contribution in [0.25, 0.3) is 0 Å². The van der Waals surface area contributed by atoms with Crippen LogP contribution >= 0.6 is 0 Å². The summed E-state index contributed by atoms with van der Waals surface area (Å²) in [6, 6.07) is -0.0336. The second kappa shape index (κ2) is 3.96. The highest BCUT2D eigenvalue weighted by atomic mass is 15.3. The second-order valence-corrected chi connectivity index (χ2v) is 3.98. The summed E-state index contributed by atoms with van der Waals surface area (Å²) >= 11 is 0. The van der Waals surface area contributed by atoms with Gasteiger partial charge in [-0.15, -0.1) is 0 Å². The van der Waals surface area contributed by atoms with Gasteiger partial charge in [-0.1, -0.05) is 11.6 Å². The van der Waals surface area contributed by atoms with Crippen molar-refractivity contribution in [1.82, 2.24) is 9.78 Å². The highest BCUT2D eigenvalue weighted by Crippen LogP contribution is 2.20. The van der Waals surface area contributed by atoms with E-state index in [-0.39, 0.29) is 6.04 Å². The van der Waals surface area contributed by atoms with Gasteiger partial charge in [0, 0.05) is 18.3 Å². The van der Waals surface area contributed by atoms with E-state index >= 15 is 0 Å². The highest BCUT2D eigenvalue weighted by molar-refractivity contribution is 5.31. The van der Waals surface area contributed by atoms with Crippen molar-refractivity contribution in [2.75, 3.05) is 0 Å². The van der Waals surface area contributed by atoms with E-state index in [1.165, 1.54) is 5.57 Å². The minimum absolute atomic E-state index is 0.0336. The van der Waals surface area contributed by atoms with Gasteiger partial charge < -0.3 is 5.73 Å². The van der Waals surface area contributed by atoms with Gasteiger partial charge in [0.1, 0.15) is 0 Å². The minimum atomic E-state index is -0.0336. The molecule has 0 aliphatic carbocycles. The predicted molar refractivity (Wildman–Crippen MR) is 59.0 cm³/mol. The topological polar surface area (TPSA) is 43.8 Å². The van der Waals surface area contributed by atoms with Crippen LogP contribution in [0.3, 0.4) is 0 Å². The lowest BCUT2D eigenvalue weighted by Crippen LogP contribution is -2.10. The normalized spacial score (nSPS) is 12.7. The average molecular weight is 193 g/mol. The summed E-state index contributed by atoms with van der Waals surface area (Å²) in [5, 5.41) is 4.35. The fourth-order valence-corrected chi connectivity index (χ4v) is 1.71. The zero-order valence-corrected chi connectivity index (χ0v) is 9.63. The molecule has 1 aromatic heterocycles. The molecule has 0 aliphatic rings. The summed E-state index contributed by atoms with van der Waals surface area (Å²) in [4.78, 5) is 0. The zero-order chi connectivity index (χ0) is 10.9. The number of rotatable bonds is 2. The molecule has 0 aliphatic heterocycles. The van der Waals surface area contributed by atoms with Crippen molar-refractivity contribution in [2.24, 2.45) is 12.8 Å². The van der Waals surface area contributed by atoms with Crippen molar-refractivity contribution < 1.29 is 0 Å². The van der Waals surface area contributed by atoms with Gasteiger partial charge in [0.2, 0.25) is 0 Å². The quantitative estimate of drug-likeness (QED) is 0.730. The van der Waals surface area contributed by atoms with Crippen molar-refractivity contribution in [3.8, 4) is 0 Å². The maximum Gasteiger partial charge on any atom is 0.0647 e. The summed E-state index contributed by atoms with van der Waals surface area (Å²) in [5.41, 5.74) is 10.6. The molecule has 1 rings (SSSR count). The molecule has 0 aromatic carbocycles. The molecule has 0 bridgehead atoms. The van der Waals surface area contributed by atoms with E-state index in [4.69, 9.17) is 5.73 Å². The van der Waals surface area contributed by atoms with E-state index in [0.29, 0.717) is 0 Å². The number of aryl methyl sites for hydroxylation is 2. The Bertz CT molecular complexity index is 357. The molecule has 0 saturated carbocycles. The van der Waals surface area contributed by atoms with Crippen LogP contribution in [0.15, 0.2) is 11.6 Å². The van der Waals surface area contributed by atoms with Crippen LogP contribution in [0.2, 0.25) is 0 Å². The number of nitrogens with two attached hydrogens (primary N) is 1. The van der Waals surface area contributed by atoms with Gasteiger partial charge in [-0.3, -0.25) is 4.68 Å². The molecule has 78 valence electrons. The number of nitrogens with zero attached hydrogens (tertiary/aromatic N) is 2. The first-order chi connectivity index (χ1) is 6.43. The number of allylic oxidation sites excluding steroid dienone is 1. The van der Waals surface area contributed by atoms with Crippen LogP contribution in [0, 0.1) is 13.8 Å². The van der Waals surface area contributed by atoms with Crippen molar-refractivity contribution in [3.05, 3.63) is 28.6 Å². The Morgan fingerprint density at radius 2 is 2.00 bits per heavy atom. The Hall–Kier alpha value is -1.09. The molecule has 14 heavy (non-hydrogen) atoms. The third kappa shape index (κ3) is 2.04. The van der Waals surface area contributed by atoms with Crippen LogP contribution in [0.5, 0.6) is 0 Å². The van der Waals surface area contributed by atoms with Gasteiger partial charge in [-0.2, -0.15) is 5.10 Å². The monoisotopic (exact) mass is 193 g/mol. The fourth-order valence-electron chi connectivity index (χ4n) is 1.71. The first-order valence-electron chi connectivity index (χ1n) is 4.84. The lowest BCUT2D eigenvalue weighted by molar-refractivity contribution is 0.728. The smallest absolute Gasteiger partial charge is 0.0647 e. The first-order valence-corrected chi connectivity index (χ1v) is 4.84. The van der Waals surface area contributed by atoms with Crippen LogP contribution in [0.4, 0.5) is 0 Å². The molecule has 0 amide bonds.